The molecule has 2 aliphatic rings. The molecule has 6 nitrogen and oxygen atoms in total. The predicted molar refractivity (Wildman–Crippen MR) is 151 cm³/mol. The van der Waals surface area contributed by atoms with Crippen molar-refractivity contribution in [2.75, 3.05) is 13.1 Å². The van der Waals surface area contributed by atoms with Gasteiger partial charge >= 0.3 is 0 Å². The summed E-state index contributed by atoms with van der Waals surface area (Å²) in [6, 6.07) is 21.9. The molecule has 2 aromatic heterocycles. The van der Waals surface area contributed by atoms with Gasteiger partial charge in [0.05, 0.1) is 32.3 Å². The molecule has 8 heteroatoms. The summed E-state index contributed by atoms with van der Waals surface area (Å²) in [5.74, 6) is 0.0938. The van der Waals surface area contributed by atoms with Gasteiger partial charge in [-0.1, -0.05) is 0 Å². The molecule has 6 rings (SSSR count). The summed E-state index contributed by atoms with van der Waals surface area (Å²) in [7, 11) is 0. The molecule has 0 spiro atoms. The van der Waals surface area contributed by atoms with Crippen LogP contribution in [-0.2, 0) is 9.59 Å². The molecule has 2 aliphatic heterocycles. The van der Waals surface area contributed by atoms with Crippen molar-refractivity contribution in [2.45, 2.75) is 13.8 Å². The van der Waals surface area contributed by atoms with E-state index in [0.717, 1.165) is 30.6 Å². The Labute approximate surface area is 228 Å². The van der Waals surface area contributed by atoms with Crippen LogP contribution in [0.2, 0.25) is 0 Å². The molecule has 0 radical (unpaired) electrons. The lowest BCUT2D eigenvalue weighted by molar-refractivity contribution is -0.124. The Balaban J connectivity index is 1.49. The fraction of sp³-hybridized carbons (Fsp3) is 0.133. The van der Waals surface area contributed by atoms with Crippen molar-refractivity contribution < 1.29 is 19.8 Å². The number of thiophene rings is 2. The van der Waals surface area contributed by atoms with Crippen LogP contribution in [-0.4, -0.2) is 44.9 Å². The van der Waals surface area contributed by atoms with Crippen molar-refractivity contribution in [3.05, 3.63) is 93.7 Å². The molecule has 0 saturated carbocycles. The van der Waals surface area contributed by atoms with Gasteiger partial charge in [0.2, 0.25) is 0 Å². The summed E-state index contributed by atoms with van der Waals surface area (Å²) >= 11 is 3.05. The Morgan fingerprint density at radius 3 is 1.24 bits per heavy atom. The van der Waals surface area contributed by atoms with E-state index in [9.17, 15) is 19.8 Å². The first-order valence-electron chi connectivity index (χ1n) is 12.3. The first-order valence-corrected chi connectivity index (χ1v) is 14.0. The van der Waals surface area contributed by atoms with E-state index in [1.165, 1.54) is 22.7 Å². The normalized spacial score (nSPS) is 15.3. The van der Waals surface area contributed by atoms with E-state index < -0.39 is 0 Å². The number of nitrogens with zero attached hydrogens (tertiary/aromatic N) is 2. The van der Waals surface area contributed by atoms with Crippen LogP contribution < -0.4 is 0 Å². The highest BCUT2D eigenvalue weighted by Crippen LogP contribution is 2.49. The molecule has 4 heterocycles. The highest BCUT2D eigenvalue weighted by atomic mass is 32.1. The maximum atomic E-state index is 13.8. The first kappa shape index (κ1) is 24.2. The van der Waals surface area contributed by atoms with Crippen LogP contribution in [0.1, 0.15) is 23.6 Å². The van der Waals surface area contributed by atoms with Crippen LogP contribution in [0.25, 0.3) is 32.3 Å². The van der Waals surface area contributed by atoms with E-state index in [1.807, 2.05) is 62.4 Å². The molecule has 0 saturated heterocycles. The number of carbonyl (C=O) groups excluding carboxylic acids is 2. The van der Waals surface area contributed by atoms with Crippen molar-refractivity contribution in [1.82, 2.24) is 9.80 Å². The quantitative estimate of drug-likeness (QED) is 0.297. The van der Waals surface area contributed by atoms with Gasteiger partial charge in [0.25, 0.3) is 11.8 Å². The van der Waals surface area contributed by atoms with Crippen molar-refractivity contribution in [3.63, 3.8) is 0 Å². The molecule has 38 heavy (non-hydrogen) atoms. The zero-order valence-corrected chi connectivity index (χ0v) is 22.4. The van der Waals surface area contributed by atoms with Gasteiger partial charge < -0.3 is 20.0 Å². The van der Waals surface area contributed by atoms with E-state index in [4.69, 9.17) is 0 Å². The monoisotopic (exact) mass is 540 g/mol. The second-order valence-corrected chi connectivity index (χ2v) is 11.1. The lowest BCUT2D eigenvalue weighted by atomic mass is 10.1. The highest BCUT2D eigenvalue weighted by molar-refractivity contribution is 7.17. The second-order valence-electron chi connectivity index (χ2n) is 8.97. The van der Waals surface area contributed by atoms with E-state index >= 15 is 0 Å². The number of carbonyl (C=O) groups is 2. The Morgan fingerprint density at radius 1 is 0.553 bits per heavy atom. The lowest BCUT2D eigenvalue weighted by Crippen LogP contribution is -2.29. The third-order valence-corrected chi connectivity index (χ3v) is 9.08. The lowest BCUT2D eigenvalue weighted by Gasteiger charge is -2.22. The number of hydrogen-bond donors (Lipinski definition) is 2. The van der Waals surface area contributed by atoms with Gasteiger partial charge in [-0.25, -0.2) is 0 Å². The van der Waals surface area contributed by atoms with Crippen LogP contribution in [0.5, 0.6) is 11.5 Å². The van der Waals surface area contributed by atoms with Gasteiger partial charge in [-0.2, -0.15) is 0 Å². The van der Waals surface area contributed by atoms with Crippen LogP contribution in [0.4, 0.5) is 0 Å². The van der Waals surface area contributed by atoms with Crippen LogP contribution in [0.3, 0.4) is 0 Å². The number of rotatable bonds is 6. The predicted octanol–water partition coefficient (Wildman–Crippen LogP) is 6.40. The van der Waals surface area contributed by atoms with Crippen LogP contribution >= 0.6 is 22.7 Å². The van der Waals surface area contributed by atoms with Crippen LogP contribution in [0.15, 0.2) is 83.9 Å². The summed E-state index contributed by atoms with van der Waals surface area (Å²) in [6.07, 6.45) is 0. The molecule has 0 atom stereocenters. The van der Waals surface area contributed by atoms with Gasteiger partial charge in [-0.05, 0) is 97.8 Å². The average Bonchev–Trinajstić information content (AvgIpc) is 3.69. The van der Waals surface area contributed by atoms with Gasteiger partial charge in [-0.15, -0.1) is 22.7 Å². The first-order chi connectivity index (χ1) is 18.4. The molecule has 190 valence electrons. The summed E-state index contributed by atoms with van der Waals surface area (Å²) in [4.78, 5) is 34.7. The Kier molecular flexibility index (Phi) is 5.93. The zero-order valence-electron chi connectivity index (χ0n) is 20.8. The number of benzene rings is 2. The molecule has 2 N–H and O–H groups in total. The Hall–Kier alpha value is -4.14. The van der Waals surface area contributed by atoms with Gasteiger partial charge in [0.15, 0.2) is 0 Å². The standard InChI is InChI=1S/C30H24N2O4S2/c1-3-31-27(23-15-13-21(37-23)17-5-9-19(33)10-6-17)25-26(29(31)35)28(32(4-2)30(25)36)24-16-14-22(38-24)18-7-11-20(34)12-8-18/h5-16,33-34H,3-4H2,1-2H3. The highest BCUT2D eigenvalue weighted by Gasteiger charge is 2.48. The molecular weight excluding hydrogens is 516 g/mol. The third-order valence-electron chi connectivity index (χ3n) is 6.80. The fourth-order valence-corrected chi connectivity index (χ4v) is 7.15. The largest absolute Gasteiger partial charge is 0.508 e. The van der Waals surface area contributed by atoms with Crippen LogP contribution in [0, 0.1) is 0 Å². The smallest absolute Gasteiger partial charge is 0.261 e. The van der Waals surface area contributed by atoms with Crippen molar-refractivity contribution in [2.24, 2.45) is 0 Å². The number of amides is 2. The molecule has 0 bridgehead atoms. The Morgan fingerprint density at radius 2 is 0.895 bits per heavy atom. The third kappa shape index (κ3) is 3.76. The molecule has 2 amide bonds. The molecular formula is C30H24N2O4S2. The SMILES string of the molecule is CCN1C(=O)C2=C(c3ccc(-c4ccc(O)cc4)s3)N(CC)C(=O)C2=C1c1ccc(-c2ccc(O)cc2)s1. The summed E-state index contributed by atoms with van der Waals surface area (Å²) in [5, 5.41) is 19.3. The number of hydrogen-bond acceptors (Lipinski definition) is 6. The number of phenols is 2. The van der Waals surface area contributed by atoms with Gasteiger partial charge in [-0.3, -0.25) is 9.59 Å². The molecule has 0 aliphatic carbocycles. The number of likely N-dealkylation sites (N-methyl/N-ethyl adjacent to an activating group) is 2. The fourth-order valence-electron chi connectivity index (χ4n) is 5.00. The number of phenolic OH excluding ortho intramolecular Hbond substituents is 2. The molecule has 2 aromatic carbocycles. The minimum absolute atomic E-state index is 0.157. The van der Waals surface area contributed by atoms with Crippen molar-refractivity contribution >= 4 is 45.9 Å². The second kappa shape index (κ2) is 9.31. The summed E-state index contributed by atoms with van der Waals surface area (Å²) in [5.41, 5.74) is 4.18. The minimum Gasteiger partial charge on any atom is -0.508 e. The van der Waals surface area contributed by atoms with E-state index in [0.29, 0.717) is 35.6 Å². The maximum Gasteiger partial charge on any atom is 0.261 e. The van der Waals surface area contributed by atoms with E-state index in [1.54, 1.807) is 34.1 Å². The number of aromatic hydroxyl groups is 2. The maximum absolute atomic E-state index is 13.8. The minimum atomic E-state index is -0.157. The summed E-state index contributed by atoms with van der Waals surface area (Å²) in [6.45, 7) is 4.74. The van der Waals surface area contributed by atoms with Crippen molar-refractivity contribution in [1.29, 1.82) is 0 Å². The zero-order chi connectivity index (χ0) is 26.6. The topological polar surface area (TPSA) is 81.1 Å². The van der Waals surface area contributed by atoms with E-state index in [-0.39, 0.29) is 23.3 Å². The summed E-state index contributed by atoms with van der Waals surface area (Å²) < 4.78 is 0. The molecule has 4 aromatic rings. The van der Waals surface area contributed by atoms with Gasteiger partial charge in [0, 0.05) is 22.8 Å². The number of fused-ring (bicyclic) bond motifs is 1. The van der Waals surface area contributed by atoms with E-state index in [2.05, 4.69) is 0 Å². The average molecular weight is 541 g/mol. The van der Waals surface area contributed by atoms with Gasteiger partial charge in [0.1, 0.15) is 11.5 Å². The molecule has 0 unspecified atom stereocenters. The van der Waals surface area contributed by atoms with Crippen molar-refractivity contribution in [3.8, 4) is 32.4 Å². The Bertz CT molecular complexity index is 1520. The molecule has 0 fully saturated rings.